The van der Waals surface area contributed by atoms with E-state index >= 15 is 0 Å². The van der Waals surface area contributed by atoms with Crippen molar-refractivity contribution < 1.29 is 24.2 Å². The van der Waals surface area contributed by atoms with Gasteiger partial charge < -0.3 is 19.9 Å². The van der Waals surface area contributed by atoms with Crippen molar-refractivity contribution in [1.29, 1.82) is 0 Å². The normalized spacial score (nSPS) is 12.6. The van der Waals surface area contributed by atoms with Crippen LogP contribution in [0.4, 0.5) is 0 Å². The van der Waals surface area contributed by atoms with Crippen LogP contribution in [-0.4, -0.2) is 36.7 Å². The van der Waals surface area contributed by atoms with Crippen LogP contribution in [0.25, 0.3) is 0 Å². The van der Waals surface area contributed by atoms with Crippen molar-refractivity contribution in [3.8, 4) is 11.5 Å². The highest BCUT2D eigenvalue weighted by atomic mass is 16.5. The Hall–Kier alpha value is -2.24. The fourth-order valence-electron chi connectivity index (χ4n) is 2.22. The van der Waals surface area contributed by atoms with E-state index in [1.165, 1.54) is 0 Å². The van der Waals surface area contributed by atoms with Gasteiger partial charge in [0.2, 0.25) is 0 Å². The zero-order valence-corrected chi connectivity index (χ0v) is 15.2. The highest BCUT2D eigenvalue weighted by Crippen LogP contribution is 2.34. The van der Waals surface area contributed by atoms with E-state index < -0.39 is 17.9 Å². The Morgan fingerprint density at radius 3 is 2.33 bits per heavy atom. The van der Waals surface area contributed by atoms with Gasteiger partial charge in [-0.3, -0.25) is 4.79 Å². The van der Waals surface area contributed by atoms with E-state index in [0.29, 0.717) is 11.5 Å². The number of carboxylic acid groups (broad SMARTS) is 1. The summed E-state index contributed by atoms with van der Waals surface area (Å²) in [5.74, 6) is -0.445. The minimum Gasteiger partial charge on any atom is -0.497 e. The third-order valence-electron chi connectivity index (χ3n) is 3.60. The molecule has 1 aromatic rings. The van der Waals surface area contributed by atoms with Crippen molar-refractivity contribution >= 4 is 11.9 Å². The first kappa shape index (κ1) is 19.8. The summed E-state index contributed by atoms with van der Waals surface area (Å²) in [6.45, 7) is 9.34. The molecule has 1 rings (SSSR count). The van der Waals surface area contributed by atoms with Crippen molar-refractivity contribution in [3.63, 3.8) is 0 Å². The predicted molar refractivity (Wildman–Crippen MR) is 91.6 cm³/mol. The number of carbonyl (C=O) groups excluding carboxylic acids is 1. The molecule has 0 radical (unpaired) electrons. The first-order chi connectivity index (χ1) is 11.1. The molecule has 0 aliphatic carbocycles. The number of rotatable bonds is 7. The van der Waals surface area contributed by atoms with Crippen LogP contribution in [-0.2, 0) is 15.0 Å². The molecular weight excluding hydrogens is 310 g/mol. The summed E-state index contributed by atoms with van der Waals surface area (Å²) in [6, 6.07) is 4.46. The van der Waals surface area contributed by atoms with E-state index in [1.54, 1.807) is 33.1 Å². The third kappa shape index (κ3) is 5.44. The molecule has 1 aromatic carbocycles. The molecule has 1 atom stereocenters. The maximum atomic E-state index is 12.0. The molecular formula is C18H27NO5. The first-order valence-electron chi connectivity index (χ1n) is 7.89. The molecule has 0 heterocycles. The summed E-state index contributed by atoms with van der Waals surface area (Å²) in [7, 11) is 1.59. The quantitative estimate of drug-likeness (QED) is 0.799. The topological polar surface area (TPSA) is 84.9 Å². The first-order valence-corrected chi connectivity index (χ1v) is 7.89. The molecule has 0 aliphatic heterocycles. The number of aliphatic carboxylic acids is 1. The van der Waals surface area contributed by atoms with E-state index in [-0.39, 0.29) is 17.9 Å². The van der Waals surface area contributed by atoms with Crippen molar-refractivity contribution in [1.82, 2.24) is 5.32 Å². The van der Waals surface area contributed by atoms with Crippen LogP contribution in [0.1, 0.15) is 40.2 Å². The molecule has 0 fully saturated rings. The molecule has 1 amide bonds. The maximum Gasteiger partial charge on any atom is 0.326 e. The van der Waals surface area contributed by atoms with Crippen LogP contribution < -0.4 is 14.8 Å². The Balaban J connectivity index is 2.83. The van der Waals surface area contributed by atoms with Crippen LogP contribution in [0.3, 0.4) is 0 Å². The van der Waals surface area contributed by atoms with Gasteiger partial charge in [-0.15, -0.1) is 0 Å². The lowest BCUT2D eigenvalue weighted by molar-refractivity contribution is -0.143. The Bertz CT molecular complexity index is 590. The molecule has 6 nitrogen and oxygen atoms in total. The molecule has 6 heteroatoms. The number of carboxylic acids is 1. The fourth-order valence-corrected chi connectivity index (χ4v) is 2.22. The molecule has 0 aliphatic rings. The molecule has 0 aromatic heterocycles. The number of ether oxygens (including phenoxy) is 2. The van der Waals surface area contributed by atoms with Crippen molar-refractivity contribution in [2.45, 2.75) is 46.1 Å². The molecule has 2 N–H and O–H groups in total. The van der Waals surface area contributed by atoms with Gasteiger partial charge in [-0.2, -0.15) is 0 Å². The average molecular weight is 337 g/mol. The molecule has 0 saturated heterocycles. The van der Waals surface area contributed by atoms with Gasteiger partial charge in [-0.05, 0) is 29.5 Å². The second-order valence-corrected chi connectivity index (χ2v) is 7.03. The molecule has 134 valence electrons. The van der Waals surface area contributed by atoms with E-state index in [2.05, 4.69) is 5.32 Å². The van der Waals surface area contributed by atoms with Gasteiger partial charge in [-0.1, -0.05) is 34.6 Å². The Kier molecular flexibility index (Phi) is 6.63. The summed E-state index contributed by atoms with van der Waals surface area (Å²) in [5.41, 5.74) is 0.718. The molecule has 0 unspecified atom stereocenters. The van der Waals surface area contributed by atoms with Crippen molar-refractivity contribution in [3.05, 3.63) is 23.8 Å². The molecule has 0 spiro atoms. The number of nitrogens with one attached hydrogen (secondary N) is 1. The Morgan fingerprint density at radius 2 is 1.88 bits per heavy atom. The maximum absolute atomic E-state index is 12.0. The van der Waals surface area contributed by atoms with Crippen LogP contribution in [0.5, 0.6) is 11.5 Å². The average Bonchev–Trinajstić information content (AvgIpc) is 2.48. The summed E-state index contributed by atoms with van der Waals surface area (Å²) < 4.78 is 10.9. The number of hydrogen-bond acceptors (Lipinski definition) is 4. The van der Waals surface area contributed by atoms with Gasteiger partial charge >= 0.3 is 5.97 Å². The van der Waals surface area contributed by atoms with Crippen LogP contribution in [0.2, 0.25) is 0 Å². The SMILES string of the molecule is COc1ccc(OCC(=O)N[C@H](C(=O)O)C(C)C)c(C(C)(C)C)c1. The molecule has 24 heavy (non-hydrogen) atoms. The fraction of sp³-hybridized carbons (Fsp3) is 0.556. The lowest BCUT2D eigenvalue weighted by atomic mass is 9.86. The van der Waals surface area contributed by atoms with Gasteiger partial charge in [-0.25, -0.2) is 4.79 Å². The van der Waals surface area contributed by atoms with Gasteiger partial charge in [0, 0.05) is 5.56 Å². The van der Waals surface area contributed by atoms with E-state index in [0.717, 1.165) is 5.56 Å². The summed E-state index contributed by atoms with van der Waals surface area (Å²) >= 11 is 0. The van der Waals surface area contributed by atoms with Crippen molar-refractivity contribution in [2.24, 2.45) is 5.92 Å². The second kappa shape index (κ2) is 8.04. The number of methoxy groups -OCH3 is 1. The number of benzene rings is 1. The molecule has 0 saturated carbocycles. The lowest BCUT2D eigenvalue weighted by Crippen LogP contribution is -2.46. The number of hydrogen-bond donors (Lipinski definition) is 2. The Labute approximate surface area is 143 Å². The summed E-state index contributed by atoms with van der Waals surface area (Å²) in [5, 5.41) is 11.6. The monoisotopic (exact) mass is 337 g/mol. The number of carbonyl (C=O) groups is 2. The van der Waals surface area contributed by atoms with Gasteiger partial charge in [0.15, 0.2) is 6.61 Å². The number of amides is 1. The minimum atomic E-state index is -1.06. The largest absolute Gasteiger partial charge is 0.497 e. The third-order valence-corrected chi connectivity index (χ3v) is 3.60. The van der Waals surface area contributed by atoms with Gasteiger partial charge in [0.25, 0.3) is 5.91 Å². The lowest BCUT2D eigenvalue weighted by Gasteiger charge is -2.24. The zero-order valence-electron chi connectivity index (χ0n) is 15.2. The van der Waals surface area contributed by atoms with Gasteiger partial charge in [0.05, 0.1) is 7.11 Å². The summed E-state index contributed by atoms with van der Waals surface area (Å²) in [6.07, 6.45) is 0. The van der Waals surface area contributed by atoms with Crippen LogP contribution in [0, 0.1) is 5.92 Å². The predicted octanol–water partition coefficient (Wildman–Crippen LogP) is 2.60. The summed E-state index contributed by atoms with van der Waals surface area (Å²) in [4.78, 5) is 23.1. The highest BCUT2D eigenvalue weighted by Gasteiger charge is 2.24. The van der Waals surface area contributed by atoms with Crippen LogP contribution >= 0.6 is 0 Å². The highest BCUT2D eigenvalue weighted by molar-refractivity contribution is 5.84. The minimum absolute atomic E-state index is 0.193. The van der Waals surface area contributed by atoms with Gasteiger partial charge in [0.1, 0.15) is 17.5 Å². The van der Waals surface area contributed by atoms with Crippen molar-refractivity contribution in [2.75, 3.05) is 13.7 Å². The van der Waals surface area contributed by atoms with E-state index in [1.807, 2.05) is 26.8 Å². The standard InChI is InChI=1S/C18H27NO5/c1-11(2)16(17(21)22)19-15(20)10-24-14-8-7-12(23-6)9-13(14)18(3,4)5/h7-9,11,16H,10H2,1-6H3,(H,19,20)(H,21,22)/t16-/m0/s1. The Morgan fingerprint density at radius 1 is 1.25 bits per heavy atom. The molecule has 0 bridgehead atoms. The second-order valence-electron chi connectivity index (χ2n) is 7.03. The smallest absolute Gasteiger partial charge is 0.326 e. The van der Waals surface area contributed by atoms with Crippen LogP contribution in [0.15, 0.2) is 18.2 Å². The zero-order chi connectivity index (χ0) is 18.5. The van der Waals surface area contributed by atoms with E-state index in [9.17, 15) is 9.59 Å². The van der Waals surface area contributed by atoms with E-state index in [4.69, 9.17) is 14.6 Å².